The van der Waals surface area contributed by atoms with Gasteiger partial charge in [-0.25, -0.2) is 15.0 Å². The molecule has 0 radical (unpaired) electrons. The molecule has 0 spiro atoms. The molecule has 13 nitrogen and oxygen atoms in total. The van der Waals surface area contributed by atoms with Crippen molar-refractivity contribution in [3.05, 3.63) is 123 Å². The van der Waals surface area contributed by atoms with Crippen molar-refractivity contribution in [1.29, 1.82) is 0 Å². The van der Waals surface area contributed by atoms with E-state index in [1.54, 1.807) is 38.1 Å². The van der Waals surface area contributed by atoms with Crippen LogP contribution in [0.5, 0.6) is 5.88 Å². The second-order valence-electron chi connectivity index (χ2n) is 12.0. The Balaban J connectivity index is 0.000000221. The maximum absolute atomic E-state index is 13.2. The van der Waals surface area contributed by atoms with Crippen molar-refractivity contribution >= 4 is 57.7 Å². The number of alkyl halides is 6. The van der Waals surface area contributed by atoms with Crippen LogP contribution in [0.3, 0.4) is 0 Å². The average Bonchev–Trinajstić information content (AvgIpc) is 3.85. The van der Waals surface area contributed by atoms with Gasteiger partial charge < -0.3 is 26.8 Å². The Labute approximate surface area is 332 Å². The summed E-state index contributed by atoms with van der Waals surface area (Å²) in [6, 6.07) is 13.2. The first-order valence-electron chi connectivity index (χ1n) is 16.3. The Hall–Kier alpha value is -6.74. The summed E-state index contributed by atoms with van der Waals surface area (Å²) in [4.78, 5) is 63.8. The second kappa shape index (κ2) is 17.6. The molecule has 0 aliphatic heterocycles. The molecule has 21 heteroatoms. The number of carbonyl (C=O) groups excluding carboxylic acids is 4. The summed E-state index contributed by atoms with van der Waals surface area (Å²) in [6.45, 7) is 2.13. The normalized spacial score (nSPS) is 11.2. The highest BCUT2D eigenvalue weighted by Crippen LogP contribution is 2.37. The molecule has 0 bridgehead atoms. The lowest BCUT2D eigenvalue weighted by atomic mass is 10.1. The number of amides is 4. The topological polar surface area (TPSA) is 205 Å². The molecule has 4 aromatic heterocycles. The number of aryl methyl sites for hydroxylation is 2. The SMILES string of the molecule is Cc1ccc(C(N)=O)c(NC(=O)c2csc(-c3ccc(OCC(F)(F)F)nc3)n2)c1.Cc1ccc(C(N)=O)c(NC(=O)c2csc(-c3cnccc3C(F)(F)F)n2)c1. The van der Waals surface area contributed by atoms with Crippen molar-refractivity contribution in [2.24, 2.45) is 11.5 Å². The van der Waals surface area contributed by atoms with E-state index in [2.05, 4.69) is 35.3 Å². The fourth-order valence-corrected chi connectivity index (χ4v) is 6.51. The third-order valence-electron chi connectivity index (χ3n) is 7.57. The number of carbonyl (C=O) groups is 4. The van der Waals surface area contributed by atoms with Gasteiger partial charge in [0.2, 0.25) is 5.88 Å². The minimum absolute atomic E-state index is 0.00458. The van der Waals surface area contributed by atoms with Gasteiger partial charge in [0.05, 0.1) is 28.1 Å². The highest BCUT2D eigenvalue weighted by Gasteiger charge is 2.34. The molecule has 4 amide bonds. The summed E-state index contributed by atoms with van der Waals surface area (Å²) in [5, 5.41) is 8.43. The van der Waals surface area contributed by atoms with Gasteiger partial charge in [0.15, 0.2) is 6.61 Å². The molecule has 0 saturated carbocycles. The van der Waals surface area contributed by atoms with Crippen LogP contribution in [0.25, 0.3) is 21.1 Å². The van der Waals surface area contributed by atoms with Crippen molar-refractivity contribution in [3.63, 3.8) is 0 Å². The maximum atomic E-state index is 13.2. The maximum Gasteiger partial charge on any atom is 0.422 e. The smallest absolute Gasteiger partial charge is 0.422 e. The Bertz CT molecular complexity index is 2490. The Kier molecular flexibility index (Phi) is 12.9. The van der Waals surface area contributed by atoms with E-state index in [0.717, 1.165) is 52.3 Å². The zero-order valence-corrected chi connectivity index (χ0v) is 31.5. The van der Waals surface area contributed by atoms with E-state index in [0.29, 0.717) is 10.6 Å². The van der Waals surface area contributed by atoms with E-state index < -0.39 is 48.2 Å². The van der Waals surface area contributed by atoms with Gasteiger partial charge in [-0.1, -0.05) is 12.1 Å². The number of anilines is 2. The molecule has 4 heterocycles. The van der Waals surface area contributed by atoms with E-state index in [9.17, 15) is 45.5 Å². The number of rotatable bonds is 10. The number of aromatic nitrogens is 4. The van der Waals surface area contributed by atoms with Gasteiger partial charge in [0.1, 0.15) is 21.4 Å². The fourth-order valence-electron chi connectivity index (χ4n) is 4.90. The van der Waals surface area contributed by atoms with Crippen molar-refractivity contribution in [2.45, 2.75) is 26.2 Å². The first kappa shape index (κ1) is 42.4. The molecule has 58 heavy (non-hydrogen) atoms. The molecule has 0 aliphatic carbocycles. The van der Waals surface area contributed by atoms with Gasteiger partial charge >= 0.3 is 12.4 Å². The summed E-state index contributed by atoms with van der Waals surface area (Å²) in [7, 11) is 0. The molecule has 0 fully saturated rings. The molecule has 300 valence electrons. The molecule has 2 aromatic carbocycles. The van der Waals surface area contributed by atoms with Crippen LogP contribution in [0, 0.1) is 13.8 Å². The van der Waals surface area contributed by atoms with Gasteiger partial charge in [0, 0.05) is 46.5 Å². The molecular weight excluding hydrogens is 815 g/mol. The highest BCUT2D eigenvalue weighted by atomic mass is 32.1. The molecule has 0 unspecified atom stereocenters. The van der Waals surface area contributed by atoms with E-state index in [-0.39, 0.29) is 50.3 Å². The molecule has 6 aromatic rings. The van der Waals surface area contributed by atoms with Crippen LogP contribution in [-0.2, 0) is 6.18 Å². The number of hydrogen-bond donors (Lipinski definition) is 4. The van der Waals surface area contributed by atoms with Crippen molar-refractivity contribution in [3.8, 4) is 27.0 Å². The summed E-state index contributed by atoms with van der Waals surface area (Å²) in [5.74, 6) is -2.79. The molecule has 6 rings (SSSR count). The summed E-state index contributed by atoms with van der Waals surface area (Å²) in [5.41, 5.74) is 12.4. The predicted molar refractivity (Wildman–Crippen MR) is 203 cm³/mol. The van der Waals surface area contributed by atoms with Gasteiger partial charge in [-0.2, -0.15) is 26.3 Å². The number of ether oxygens (including phenoxy) is 1. The number of thiazole rings is 2. The molecule has 0 atom stereocenters. The quantitative estimate of drug-likeness (QED) is 0.0997. The lowest BCUT2D eigenvalue weighted by Crippen LogP contribution is -2.19. The zero-order chi connectivity index (χ0) is 42.4. The lowest BCUT2D eigenvalue weighted by Gasteiger charge is -2.10. The van der Waals surface area contributed by atoms with Crippen molar-refractivity contribution < 1.29 is 50.3 Å². The van der Waals surface area contributed by atoms with Crippen LogP contribution in [0.15, 0.2) is 83.9 Å². The van der Waals surface area contributed by atoms with Gasteiger partial charge in [-0.05, 0) is 61.4 Å². The number of nitrogens with zero attached hydrogens (tertiary/aromatic N) is 4. The van der Waals surface area contributed by atoms with E-state index in [1.165, 1.54) is 41.2 Å². The van der Waals surface area contributed by atoms with Crippen LogP contribution in [0.2, 0.25) is 0 Å². The molecular formula is C37H28F6N8O5S2. The Morgan fingerprint density at radius 2 is 1.26 bits per heavy atom. The number of halogens is 6. The lowest BCUT2D eigenvalue weighted by molar-refractivity contribution is -0.154. The summed E-state index contributed by atoms with van der Waals surface area (Å²) in [6.07, 6.45) is -5.64. The second-order valence-corrected chi connectivity index (χ2v) is 13.7. The molecule has 0 aliphatic rings. The van der Waals surface area contributed by atoms with Crippen LogP contribution >= 0.6 is 22.7 Å². The number of nitrogens with one attached hydrogen (secondary N) is 2. The van der Waals surface area contributed by atoms with Crippen molar-refractivity contribution in [1.82, 2.24) is 19.9 Å². The Morgan fingerprint density at radius 3 is 1.74 bits per heavy atom. The third-order valence-corrected chi connectivity index (χ3v) is 9.34. The average molecular weight is 843 g/mol. The largest absolute Gasteiger partial charge is 0.468 e. The standard InChI is InChI=1S/C19H15F3N4O3S.C18H13F3N4O2S/c1-10-2-4-12(16(23)27)13(6-10)25-17(28)14-8-30-18(26-14)11-3-5-15(24-7-11)29-9-19(20,21)22;1-9-2-3-10(15(22)26)13(6-9)24-16(27)14-8-28-17(25-14)11-7-23-5-4-12(11)18(19,20)21/h2-8H,9H2,1H3,(H2,23,27)(H,25,28);2-8H,1H3,(H2,22,26)(H,24,27). The van der Waals surface area contributed by atoms with Crippen LogP contribution in [0.4, 0.5) is 37.7 Å². The van der Waals surface area contributed by atoms with E-state index in [4.69, 9.17) is 11.5 Å². The van der Waals surface area contributed by atoms with E-state index in [1.807, 2.05) is 0 Å². The van der Waals surface area contributed by atoms with Crippen LogP contribution in [0.1, 0.15) is 58.4 Å². The molecule has 0 saturated heterocycles. The van der Waals surface area contributed by atoms with E-state index >= 15 is 0 Å². The minimum atomic E-state index is -4.58. The highest BCUT2D eigenvalue weighted by molar-refractivity contribution is 7.13. The van der Waals surface area contributed by atoms with Crippen LogP contribution < -0.4 is 26.8 Å². The minimum Gasteiger partial charge on any atom is -0.468 e. The number of benzene rings is 2. The number of primary amides is 2. The number of nitrogens with two attached hydrogens (primary N) is 2. The first-order chi connectivity index (χ1) is 27.3. The zero-order valence-electron chi connectivity index (χ0n) is 29.9. The van der Waals surface area contributed by atoms with Gasteiger partial charge in [-0.3, -0.25) is 24.2 Å². The Morgan fingerprint density at radius 1 is 0.724 bits per heavy atom. The van der Waals surface area contributed by atoms with Gasteiger partial charge in [0.25, 0.3) is 23.6 Å². The third kappa shape index (κ3) is 11.0. The van der Waals surface area contributed by atoms with Crippen molar-refractivity contribution in [2.75, 3.05) is 17.2 Å². The number of pyridine rings is 2. The predicted octanol–water partition coefficient (Wildman–Crippen LogP) is 7.69. The number of hydrogen-bond acceptors (Lipinski definition) is 11. The summed E-state index contributed by atoms with van der Waals surface area (Å²) < 4.78 is 80.6. The fraction of sp³-hybridized carbons (Fsp3) is 0.135. The first-order valence-corrected chi connectivity index (χ1v) is 18.1. The van der Waals surface area contributed by atoms with Gasteiger partial charge in [-0.15, -0.1) is 22.7 Å². The monoisotopic (exact) mass is 842 g/mol. The molecule has 6 N–H and O–H groups in total. The van der Waals surface area contributed by atoms with Crippen LogP contribution in [-0.4, -0.2) is 56.3 Å². The summed E-state index contributed by atoms with van der Waals surface area (Å²) >= 11 is 2.04.